The average Bonchev–Trinajstić information content (AvgIpc) is 2.86. The Morgan fingerprint density at radius 3 is 2.35 bits per heavy atom. The summed E-state index contributed by atoms with van der Waals surface area (Å²) in [7, 11) is 0. The Kier molecular flexibility index (Phi) is 11.4. The third-order valence-electron chi connectivity index (χ3n) is 7.21. The van der Waals surface area contributed by atoms with Gasteiger partial charge < -0.3 is 19.5 Å². The molecule has 1 saturated heterocycles. The minimum absolute atomic E-state index is 0.0181. The zero-order valence-electron chi connectivity index (χ0n) is 21.7. The number of para-hydroxylation sites is 2. The number of fused-ring (bicyclic) bond motifs is 1. The number of nitrogens with one attached hydrogen (secondary N) is 1. The molecule has 1 aliphatic heterocycles. The van der Waals surface area contributed by atoms with E-state index in [2.05, 4.69) is 15.2 Å². The van der Waals surface area contributed by atoms with Crippen LogP contribution in [-0.4, -0.2) is 53.3 Å². The molecule has 2 aliphatic rings. The molecule has 4 rings (SSSR count). The van der Waals surface area contributed by atoms with E-state index < -0.39 is 0 Å². The summed E-state index contributed by atoms with van der Waals surface area (Å²) >= 11 is 0. The van der Waals surface area contributed by atoms with Crippen LogP contribution in [0.5, 0.6) is 0 Å². The Morgan fingerprint density at radius 1 is 0.971 bits per heavy atom. The Balaban J connectivity index is 0.00000158. The van der Waals surface area contributed by atoms with Gasteiger partial charge in [0.2, 0.25) is 0 Å². The second-order valence-corrected chi connectivity index (χ2v) is 9.37. The topological polar surface area (TPSA) is 59.4 Å². The Hall–Kier alpha value is -1.92. The SMILES string of the molecule is CC.CCOCCCNc1nc2ccccc2n(C2CCN(C3CCCCCCC3)CC2)c1=O. The van der Waals surface area contributed by atoms with E-state index in [0.29, 0.717) is 19.0 Å². The molecule has 6 heteroatoms. The van der Waals surface area contributed by atoms with Gasteiger partial charge in [-0.1, -0.05) is 58.1 Å². The lowest BCUT2D eigenvalue weighted by molar-refractivity contribution is 0.116. The molecule has 1 aromatic heterocycles. The van der Waals surface area contributed by atoms with Crippen molar-refractivity contribution in [2.45, 2.75) is 97.1 Å². The number of piperidine rings is 1. The van der Waals surface area contributed by atoms with Crippen molar-refractivity contribution < 1.29 is 4.74 Å². The molecule has 34 heavy (non-hydrogen) atoms. The predicted octanol–water partition coefficient (Wildman–Crippen LogP) is 6.01. The van der Waals surface area contributed by atoms with Crippen molar-refractivity contribution in [2.24, 2.45) is 0 Å². The van der Waals surface area contributed by atoms with Crippen LogP contribution in [0.4, 0.5) is 5.82 Å². The van der Waals surface area contributed by atoms with Gasteiger partial charge in [-0.3, -0.25) is 4.79 Å². The molecule has 190 valence electrons. The number of aromatic nitrogens is 2. The van der Waals surface area contributed by atoms with Crippen molar-refractivity contribution in [3.63, 3.8) is 0 Å². The molecule has 1 aromatic carbocycles. The normalized spacial score (nSPS) is 18.7. The second kappa shape index (κ2) is 14.5. The van der Waals surface area contributed by atoms with Gasteiger partial charge in [0.25, 0.3) is 5.56 Å². The summed E-state index contributed by atoms with van der Waals surface area (Å²) in [4.78, 5) is 20.8. The van der Waals surface area contributed by atoms with Gasteiger partial charge >= 0.3 is 0 Å². The van der Waals surface area contributed by atoms with Crippen molar-refractivity contribution in [1.29, 1.82) is 0 Å². The lowest BCUT2D eigenvalue weighted by atomic mass is 9.93. The summed E-state index contributed by atoms with van der Waals surface area (Å²) in [6.45, 7) is 10.3. The van der Waals surface area contributed by atoms with Crippen LogP contribution in [-0.2, 0) is 4.74 Å². The molecule has 0 atom stereocenters. The maximum absolute atomic E-state index is 13.5. The number of likely N-dealkylation sites (tertiary alicyclic amines) is 1. The van der Waals surface area contributed by atoms with E-state index in [9.17, 15) is 4.79 Å². The van der Waals surface area contributed by atoms with Gasteiger partial charge in [-0.2, -0.15) is 0 Å². The molecule has 0 amide bonds. The van der Waals surface area contributed by atoms with Gasteiger partial charge in [-0.15, -0.1) is 0 Å². The van der Waals surface area contributed by atoms with E-state index in [1.165, 1.54) is 44.9 Å². The summed E-state index contributed by atoms with van der Waals surface area (Å²) < 4.78 is 7.45. The predicted molar refractivity (Wildman–Crippen MR) is 143 cm³/mol. The number of ether oxygens (including phenoxy) is 1. The van der Waals surface area contributed by atoms with E-state index >= 15 is 0 Å². The van der Waals surface area contributed by atoms with Gasteiger partial charge in [-0.25, -0.2) is 4.98 Å². The van der Waals surface area contributed by atoms with E-state index in [-0.39, 0.29) is 11.6 Å². The zero-order chi connectivity index (χ0) is 24.2. The molecular formula is C28H46N4O2. The minimum atomic E-state index is 0.0181. The highest BCUT2D eigenvalue weighted by atomic mass is 16.5. The van der Waals surface area contributed by atoms with Crippen LogP contribution in [0, 0.1) is 0 Å². The average molecular weight is 471 g/mol. The highest BCUT2D eigenvalue weighted by Gasteiger charge is 2.28. The lowest BCUT2D eigenvalue weighted by Crippen LogP contribution is -2.43. The molecule has 2 aromatic rings. The van der Waals surface area contributed by atoms with Crippen molar-refractivity contribution in [1.82, 2.24) is 14.5 Å². The molecule has 0 radical (unpaired) electrons. The van der Waals surface area contributed by atoms with Crippen molar-refractivity contribution in [3.8, 4) is 0 Å². The first-order valence-corrected chi connectivity index (χ1v) is 13.8. The number of rotatable bonds is 8. The van der Waals surface area contributed by atoms with Crippen molar-refractivity contribution in [3.05, 3.63) is 34.6 Å². The maximum atomic E-state index is 13.5. The van der Waals surface area contributed by atoms with Crippen LogP contribution < -0.4 is 10.9 Å². The van der Waals surface area contributed by atoms with Gasteiger partial charge in [0.05, 0.1) is 11.0 Å². The zero-order valence-corrected chi connectivity index (χ0v) is 21.7. The van der Waals surface area contributed by atoms with Gasteiger partial charge in [0, 0.05) is 44.9 Å². The minimum Gasteiger partial charge on any atom is -0.382 e. The van der Waals surface area contributed by atoms with E-state index in [0.717, 1.165) is 56.0 Å². The highest BCUT2D eigenvalue weighted by Crippen LogP contribution is 2.29. The smallest absolute Gasteiger partial charge is 0.294 e. The van der Waals surface area contributed by atoms with Crippen LogP contribution in [0.15, 0.2) is 29.1 Å². The molecule has 1 saturated carbocycles. The van der Waals surface area contributed by atoms with Gasteiger partial charge in [0.1, 0.15) is 0 Å². The number of anilines is 1. The molecule has 2 heterocycles. The van der Waals surface area contributed by atoms with Crippen LogP contribution in [0.3, 0.4) is 0 Å². The maximum Gasteiger partial charge on any atom is 0.294 e. The Labute approximate surface area is 206 Å². The molecule has 6 nitrogen and oxygen atoms in total. The number of hydrogen-bond donors (Lipinski definition) is 1. The summed E-state index contributed by atoms with van der Waals surface area (Å²) in [5, 5.41) is 3.28. The molecule has 1 aliphatic carbocycles. The first-order valence-electron chi connectivity index (χ1n) is 13.8. The van der Waals surface area contributed by atoms with Crippen LogP contribution >= 0.6 is 0 Å². The number of benzene rings is 1. The van der Waals surface area contributed by atoms with Crippen LogP contribution in [0.2, 0.25) is 0 Å². The van der Waals surface area contributed by atoms with E-state index in [1.807, 2.05) is 49.6 Å². The molecular weight excluding hydrogens is 424 g/mol. The second-order valence-electron chi connectivity index (χ2n) is 9.37. The van der Waals surface area contributed by atoms with E-state index in [4.69, 9.17) is 4.74 Å². The Bertz CT molecular complexity index is 897. The largest absolute Gasteiger partial charge is 0.382 e. The monoisotopic (exact) mass is 470 g/mol. The molecule has 2 fully saturated rings. The third kappa shape index (κ3) is 7.05. The highest BCUT2D eigenvalue weighted by molar-refractivity contribution is 5.76. The molecule has 0 spiro atoms. The molecule has 0 unspecified atom stereocenters. The Morgan fingerprint density at radius 2 is 1.65 bits per heavy atom. The lowest BCUT2D eigenvalue weighted by Gasteiger charge is -2.39. The fraction of sp³-hybridized carbons (Fsp3) is 0.714. The number of nitrogens with zero attached hydrogens (tertiary/aromatic N) is 3. The summed E-state index contributed by atoms with van der Waals surface area (Å²) in [6, 6.07) is 9.05. The van der Waals surface area contributed by atoms with Gasteiger partial charge in [-0.05, 0) is 51.2 Å². The number of hydrogen-bond acceptors (Lipinski definition) is 5. The molecule has 1 N–H and O–H groups in total. The standard InChI is InChI=1S/C26H40N4O2.C2H6/c1-2-32-20-10-17-27-25-26(31)30(24-14-9-8-13-23(24)28-25)22-15-18-29(19-16-22)21-11-6-4-3-5-7-12-21;1-2/h8-9,13-14,21-22H,2-7,10-12,15-20H2,1H3,(H,27,28);1-2H3. The summed E-state index contributed by atoms with van der Waals surface area (Å²) in [6.07, 6.45) is 12.6. The van der Waals surface area contributed by atoms with Crippen molar-refractivity contribution in [2.75, 3.05) is 38.2 Å². The fourth-order valence-electron chi connectivity index (χ4n) is 5.47. The third-order valence-corrected chi connectivity index (χ3v) is 7.21. The first-order chi connectivity index (χ1) is 16.8. The van der Waals surface area contributed by atoms with Gasteiger partial charge in [0.15, 0.2) is 5.82 Å². The first kappa shape index (κ1) is 26.7. The summed E-state index contributed by atoms with van der Waals surface area (Å²) in [5.41, 5.74) is 1.87. The van der Waals surface area contributed by atoms with Crippen molar-refractivity contribution >= 4 is 16.9 Å². The summed E-state index contributed by atoms with van der Waals surface area (Å²) in [5.74, 6) is 0.475. The van der Waals surface area contributed by atoms with Crippen LogP contribution in [0.1, 0.15) is 91.0 Å². The van der Waals surface area contributed by atoms with E-state index in [1.54, 1.807) is 0 Å². The quantitative estimate of drug-likeness (QED) is 0.479. The molecule has 0 bridgehead atoms. The fourth-order valence-corrected chi connectivity index (χ4v) is 5.47. The van der Waals surface area contributed by atoms with Crippen LogP contribution in [0.25, 0.3) is 11.0 Å².